The maximum atomic E-state index is 13.7. The zero-order chi connectivity index (χ0) is 26.1. The van der Waals surface area contributed by atoms with E-state index in [1.807, 2.05) is 72.8 Å². The van der Waals surface area contributed by atoms with Crippen molar-refractivity contribution in [2.45, 2.75) is 20.3 Å². The summed E-state index contributed by atoms with van der Waals surface area (Å²) in [6, 6.07) is 23.2. The number of nitrogens with one attached hydrogen (secondary N) is 1. The Hall–Kier alpha value is -4.17. The number of amides is 1. The Kier molecular flexibility index (Phi) is 6.55. The highest BCUT2D eigenvalue weighted by Crippen LogP contribution is 2.34. The molecule has 0 saturated carbocycles. The van der Waals surface area contributed by atoms with Crippen LogP contribution < -0.4 is 10.2 Å². The fourth-order valence-corrected chi connectivity index (χ4v) is 6.08. The number of aromatic nitrogens is 4. The van der Waals surface area contributed by atoms with Crippen LogP contribution in [0.5, 0.6) is 0 Å². The number of hydrogen-bond acceptors (Lipinski definition) is 7. The molecular formula is C30H28N6OS. The van der Waals surface area contributed by atoms with Crippen molar-refractivity contribution in [2.24, 2.45) is 11.8 Å². The van der Waals surface area contributed by atoms with Gasteiger partial charge in [-0.25, -0.2) is 19.9 Å². The van der Waals surface area contributed by atoms with Gasteiger partial charge in [-0.1, -0.05) is 67.6 Å². The van der Waals surface area contributed by atoms with Crippen LogP contribution >= 0.6 is 11.3 Å². The molecule has 0 spiro atoms. The highest BCUT2D eigenvalue weighted by Gasteiger charge is 2.25. The van der Waals surface area contributed by atoms with Crippen molar-refractivity contribution in [3.05, 3.63) is 84.7 Å². The molecular weight excluding hydrogens is 492 g/mol. The van der Waals surface area contributed by atoms with Crippen molar-refractivity contribution < 1.29 is 4.79 Å². The number of anilines is 2. The molecule has 0 aliphatic carbocycles. The average Bonchev–Trinajstić information content (AvgIpc) is 3.37. The Morgan fingerprint density at radius 2 is 1.68 bits per heavy atom. The third kappa shape index (κ3) is 4.99. The molecule has 2 aromatic carbocycles. The third-order valence-corrected chi connectivity index (χ3v) is 7.75. The number of carbonyl (C=O) groups excluding carboxylic acids is 1. The van der Waals surface area contributed by atoms with E-state index in [1.165, 1.54) is 17.8 Å². The van der Waals surface area contributed by atoms with Crippen molar-refractivity contribution >= 4 is 39.1 Å². The molecule has 1 aliphatic heterocycles. The quantitative estimate of drug-likeness (QED) is 0.283. The molecule has 1 amide bonds. The van der Waals surface area contributed by atoms with Gasteiger partial charge >= 0.3 is 0 Å². The van der Waals surface area contributed by atoms with Gasteiger partial charge in [-0.15, -0.1) is 0 Å². The van der Waals surface area contributed by atoms with Crippen molar-refractivity contribution in [1.82, 2.24) is 19.9 Å². The van der Waals surface area contributed by atoms with E-state index < -0.39 is 0 Å². The predicted octanol–water partition coefficient (Wildman–Crippen LogP) is 6.55. The van der Waals surface area contributed by atoms with E-state index in [2.05, 4.69) is 29.0 Å². The summed E-state index contributed by atoms with van der Waals surface area (Å²) in [6.45, 7) is 6.35. The number of rotatable bonds is 5. The topological polar surface area (TPSA) is 83.9 Å². The number of pyridine rings is 1. The van der Waals surface area contributed by atoms with E-state index in [0.29, 0.717) is 29.0 Å². The molecule has 1 aliphatic rings. The molecule has 2 atom stereocenters. The highest BCUT2D eigenvalue weighted by molar-refractivity contribution is 7.21. The minimum absolute atomic E-state index is 0.282. The molecule has 5 aromatic rings. The molecule has 1 N–H and O–H groups in total. The smallest absolute Gasteiger partial charge is 0.274 e. The van der Waals surface area contributed by atoms with E-state index in [4.69, 9.17) is 15.0 Å². The second-order valence-corrected chi connectivity index (χ2v) is 11.0. The number of thiazole rings is 1. The van der Waals surface area contributed by atoms with Crippen LogP contribution in [-0.4, -0.2) is 38.9 Å². The van der Waals surface area contributed by atoms with Gasteiger partial charge in [0, 0.05) is 36.5 Å². The number of nitrogens with zero attached hydrogens (tertiary/aromatic N) is 5. The van der Waals surface area contributed by atoms with Crippen LogP contribution in [0.25, 0.3) is 32.3 Å². The van der Waals surface area contributed by atoms with Gasteiger partial charge in [0.05, 0.1) is 5.69 Å². The van der Waals surface area contributed by atoms with Crippen molar-refractivity contribution in [3.8, 4) is 22.0 Å². The minimum Gasteiger partial charge on any atom is -0.356 e. The van der Waals surface area contributed by atoms with Gasteiger partial charge in [-0.05, 0) is 42.5 Å². The molecule has 190 valence electrons. The van der Waals surface area contributed by atoms with Crippen LogP contribution in [0.1, 0.15) is 30.8 Å². The Morgan fingerprint density at radius 3 is 2.47 bits per heavy atom. The number of hydrogen-bond donors (Lipinski definition) is 1. The van der Waals surface area contributed by atoms with Crippen LogP contribution in [0.4, 0.5) is 11.5 Å². The largest absolute Gasteiger partial charge is 0.356 e. The lowest BCUT2D eigenvalue weighted by Gasteiger charge is -2.36. The Bertz CT molecular complexity index is 1560. The normalized spacial score (nSPS) is 17.5. The molecule has 0 radical (unpaired) electrons. The Morgan fingerprint density at radius 1 is 0.921 bits per heavy atom. The summed E-state index contributed by atoms with van der Waals surface area (Å²) in [4.78, 5) is 35.6. The van der Waals surface area contributed by atoms with Crippen molar-refractivity contribution in [1.29, 1.82) is 0 Å². The van der Waals surface area contributed by atoms with Crippen LogP contribution in [0.15, 0.2) is 79.0 Å². The second kappa shape index (κ2) is 10.3. The summed E-state index contributed by atoms with van der Waals surface area (Å²) >= 11 is 1.50. The summed E-state index contributed by atoms with van der Waals surface area (Å²) in [5.41, 5.74) is 3.58. The van der Waals surface area contributed by atoms with Crippen LogP contribution in [0, 0.1) is 11.8 Å². The lowest BCUT2D eigenvalue weighted by Crippen LogP contribution is -2.39. The SMILES string of the molecule is C[C@@H]1C[C@H](C)CN(c2cc(C(=O)Nc3ccccc3-c3nc4cccnc4s3)nc(-c3ccccc3)n2)C1. The van der Waals surface area contributed by atoms with Gasteiger partial charge in [0.15, 0.2) is 5.82 Å². The summed E-state index contributed by atoms with van der Waals surface area (Å²) < 4.78 is 0. The maximum Gasteiger partial charge on any atom is 0.274 e. The van der Waals surface area contributed by atoms with Crippen molar-refractivity contribution in [2.75, 3.05) is 23.3 Å². The first-order chi connectivity index (χ1) is 18.5. The Labute approximate surface area is 225 Å². The second-order valence-electron chi connectivity index (χ2n) is 10.00. The summed E-state index contributed by atoms with van der Waals surface area (Å²) in [6.07, 6.45) is 2.96. The van der Waals surface area contributed by atoms with Crippen LogP contribution in [0.3, 0.4) is 0 Å². The average molecular weight is 521 g/mol. The third-order valence-electron chi connectivity index (χ3n) is 6.74. The molecule has 0 unspecified atom stereocenters. The number of para-hydroxylation sites is 1. The van der Waals surface area contributed by atoms with E-state index >= 15 is 0 Å². The highest BCUT2D eigenvalue weighted by atomic mass is 32.1. The first kappa shape index (κ1) is 24.2. The van der Waals surface area contributed by atoms with E-state index in [0.717, 1.165) is 45.4 Å². The van der Waals surface area contributed by atoms with Gasteiger partial charge in [-0.2, -0.15) is 0 Å². The first-order valence-electron chi connectivity index (χ1n) is 12.9. The molecule has 3 aromatic heterocycles. The first-order valence-corrected chi connectivity index (χ1v) is 13.7. The van der Waals surface area contributed by atoms with Crippen LogP contribution in [-0.2, 0) is 0 Å². The summed E-state index contributed by atoms with van der Waals surface area (Å²) in [5, 5.41) is 3.90. The van der Waals surface area contributed by atoms with Gasteiger partial charge in [0.2, 0.25) is 0 Å². The van der Waals surface area contributed by atoms with Gasteiger partial charge < -0.3 is 10.2 Å². The molecule has 6 rings (SSSR count). The fourth-order valence-electron chi connectivity index (χ4n) is 5.13. The number of piperidine rings is 1. The molecule has 38 heavy (non-hydrogen) atoms. The fraction of sp³-hybridized carbons (Fsp3) is 0.233. The van der Waals surface area contributed by atoms with E-state index in [-0.39, 0.29) is 5.91 Å². The van der Waals surface area contributed by atoms with Gasteiger partial charge in [-0.3, -0.25) is 4.79 Å². The standard InChI is InChI=1S/C30H28N6OS/c1-19-15-20(2)18-36(17-19)26-16-25(32-27(35-26)21-9-4-3-5-10-21)28(37)33-23-12-7-6-11-22(23)29-34-24-13-8-14-31-30(24)38-29/h3-14,16,19-20H,15,17-18H2,1-2H3,(H,33,37)/t19-,20+. The van der Waals surface area contributed by atoms with E-state index in [9.17, 15) is 4.79 Å². The maximum absolute atomic E-state index is 13.7. The zero-order valence-corrected chi connectivity index (χ0v) is 22.2. The molecule has 4 heterocycles. The Balaban J connectivity index is 1.36. The van der Waals surface area contributed by atoms with Gasteiger partial charge in [0.25, 0.3) is 5.91 Å². The van der Waals surface area contributed by atoms with Crippen molar-refractivity contribution in [3.63, 3.8) is 0 Å². The number of carbonyl (C=O) groups is 1. The lowest BCUT2D eigenvalue weighted by molar-refractivity contribution is 0.102. The monoisotopic (exact) mass is 520 g/mol. The molecule has 1 saturated heterocycles. The van der Waals surface area contributed by atoms with Gasteiger partial charge in [0.1, 0.15) is 26.9 Å². The number of fused-ring (bicyclic) bond motifs is 1. The number of benzene rings is 2. The minimum atomic E-state index is -0.282. The molecule has 1 fully saturated rings. The van der Waals surface area contributed by atoms with E-state index in [1.54, 1.807) is 6.20 Å². The summed E-state index contributed by atoms with van der Waals surface area (Å²) in [5.74, 6) is 2.16. The molecule has 7 nitrogen and oxygen atoms in total. The lowest BCUT2D eigenvalue weighted by atomic mass is 9.92. The summed E-state index contributed by atoms with van der Waals surface area (Å²) in [7, 11) is 0. The zero-order valence-electron chi connectivity index (χ0n) is 21.3. The van der Waals surface area contributed by atoms with Crippen LogP contribution in [0.2, 0.25) is 0 Å². The molecule has 0 bridgehead atoms. The predicted molar refractivity (Wildman–Crippen MR) is 153 cm³/mol. The molecule has 8 heteroatoms.